The predicted octanol–water partition coefficient (Wildman–Crippen LogP) is 9.42. The van der Waals surface area contributed by atoms with Crippen LogP contribution >= 0.6 is 27.3 Å². The standard InChI is InChI=1S/C19H24BrF9S/c20-15-14(11-13-30-15)10-8-6-4-2-1-3-5-7-9-12-16(21,22)17(23,24)18(25,26)19(27,28)29/h11,13H,1-10,12H2. The lowest BCUT2D eigenvalue weighted by atomic mass is 9.97. The van der Waals surface area contributed by atoms with Gasteiger partial charge in [0.2, 0.25) is 0 Å². The van der Waals surface area contributed by atoms with Crippen molar-refractivity contribution in [3.05, 3.63) is 20.8 Å². The Morgan fingerprint density at radius 3 is 1.57 bits per heavy atom. The summed E-state index contributed by atoms with van der Waals surface area (Å²) in [4.78, 5) is 0. The van der Waals surface area contributed by atoms with Gasteiger partial charge in [-0.15, -0.1) is 11.3 Å². The minimum Gasteiger partial charge on any atom is -0.200 e. The molecule has 0 radical (unpaired) electrons. The van der Waals surface area contributed by atoms with Gasteiger partial charge in [0.15, 0.2) is 0 Å². The largest absolute Gasteiger partial charge is 0.460 e. The first kappa shape index (κ1) is 27.6. The zero-order valence-corrected chi connectivity index (χ0v) is 18.5. The number of rotatable bonds is 14. The second-order valence-corrected chi connectivity index (χ2v) is 9.49. The second kappa shape index (κ2) is 11.4. The first-order valence-electron chi connectivity index (χ1n) is 9.66. The van der Waals surface area contributed by atoms with Crippen LogP contribution in [0.25, 0.3) is 0 Å². The summed E-state index contributed by atoms with van der Waals surface area (Å²) >= 11 is 5.11. The Balaban J connectivity index is 2.16. The van der Waals surface area contributed by atoms with Crippen LogP contribution < -0.4 is 0 Å². The molecule has 0 bridgehead atoms. The van der Waals surface area contributed by atoms with Gasteiger partial charge in [-0.05, 0) is 52.2 Å². The van der Waals surface area contributed by atoms with Crippen LogP contribution in [-0.4, -0.2) is 23.9 Å². The smallest absolute Gasteiger partial charge is 0.200 e. The molecule has 0 amide bonds. The highest BCUT2D eigenvalue weighted by Gasteiger charge is 2.81. The highest BCUT2D eigenvalue weighted by atomic mass is 79.9. The molecule has 0 aliphatic heterocycles. The molecule has 0 aromatic carbocycles. The molecule has 0 aliphatic carbocycles. The Morgan fingerprint density at radius 1 is 0.667 bits per heavy atom. The molecular weight excluding hydrogens is 511 g/mol. The van der Waals surface area contributed by atoms with Crippen LogP contribution in [-0.2, 0) is 6.42 Å². The van der Waals surface area contributed by atoms with Crippen molar-refractivity contribution in [1.82, 2.24) is 0 Å². The van der Waals surface area contributed by atoms with Crippen LogP contribution in [0.15, 0.2) is 15.2 Å². The molecule has 176 valence electrons. The fourth-order valence-electron chi connectivity index (χ4n) is 2.96. The zero-order chi connectivity index (χ0) is 23.1. The van der Waals surface area contributed by atoms with Gasteiger partial charge < -0.3 is 0 Å². The number of hydrogen-bond acceptors (Lipinski definition) is 1. The molecule has 0 atom stereocenters. The van der Waals surface area contributed by atoms with E-state index in [-0.39, 0.29) is 6.42 Å². The van der Waals surface area contributed by atoms with Gasteiger partial charge in [-0.1, -0.05) is 44.9 Å². The fraction of sp³-hybridized carbons (Fsp3) is 0.789. The zero-order valence-electron chi connectivity index (χ0n) is 16.1. The van der Waals surface area contributed by atoms with E-state index >= 15 is 0 Å². The normalized spacial score (nSPS) is 13.8. The van der Waals surface area contributed by atoms with E-state index in [2.05, 4.69) is 22.0 Å². The third-order valence-electron chi connectivity index (χ3n) is 4.84. The molecule has 0 aliphatic rings. The minimum absolute atomic E-state index is 0.0649. The average molecular weight is 535 g/mol. The Kier molecular flexibility index (Phi) is 10.5. The van der Waals surface area contributed by atoms with Gasteiger partial charge in [-0.2, -0.15) is 39.5 Å². The summed E-state index contributed by atoms with van der Waals surface area (Å²) in [5, 5.41) is 2.01. The molecule has 0 fully saturated rings. The molecule has 0 spiro atoms. The van der Waals surface area contributed by atoms with E-state index in [1.165, 1.54) is 5.56 Å². The van der Waals surface area contributed by atoms with Crippen LogP contribution in [0.2, 0.25) is 0 Å². The van der Waals surface area contributed by atoms with Gasteiger partial charge in [-0.25, -0.2) is 0 Å². The summed E-state index contributed by atoms with van der Waals surface area (Å²) in [7, 11) is 0. The number of hydrogen-bond donors (Lipinski definition) is 0. The molecule has 0 nitrogen and oxygen atoms in total. The van der Waals surface area contributed by atoms with E-state index in [1.807, 2.05) is 5.38 Å². The first-order valence-corrected chi connectivity index (χ1v) is 11.3. The highest BCUT2D eigenvalue weighted by molar-refractivity contribution is 9.11. The summed E-state index contributed by atoms with van der Waals surface area (Å²) in [5.41, 5.74) is 1.27. The van der Waals surface area contributed by atoms with Gasteiger partial charge in [0, 0.05) is 6.42 Å². The Labute approximate surface area is 182 Å². The first-order chi connectivity index (χ1) is 13.7. The fourth-order valence-corrected chi connectivity index (χ4v) is 4.29. The van der Waals surface area contributed by atoms with E-state index in [0.29, 0.717) is 12.8 Å². The molecule has 30 heavy (non-hydrogen) atoms. The third-order valence-corrected chi connectivity index (χ3v) is 6.65. The highest BCUT2D eigenvalue weighted by Crippen LogP contribution is 2.54. The Bertz CT molecular complexity index is 626. The topological polar surface area (TPSA) is 0 Å². The monoisotopic (exact) mass is 534 g/mol. The van der Waals surface area contributed by atoms with Crippen molar-refractivity contribution in [3.63, 3.8) is 0 Å². The molecule has 1 aromatic rings. The van der Waals surface area contributed by atoms with Crippen LogP contribution in [0, 0.1) is 0 Å². The molecule has 0 saturated carbocycles. The van der Waals surface area contributed by atoms with Gasteiger partial charge in [0.25, 0.3) is 0 Å². The van der Waals surface area contributed by atoms with Crippen molar-refractivity contribution >= 4 is 27.3 Å². The van der Waals surface area contributed by atoms with Gasteiger partial charge >= 0.3 is 23.9 Å². The van der Waals surface area contributed by atoms with E-state index in [4.69, 9.17) is 0 Å². The Morgan fingerprint density at radius 2 is 1.13 bits per heavy atom. The third kappa shape index (κ3) is 7.31. The van der Waals surface area contributed by atoms with E-state index in [1.54, 1.807) is 11.3 Å². The number of halogens is 10. The number of thiophene rings is 1. The van der Waals surface area contributed by atoms with Gasteiger partial charge in [0.1, 0.15) is 0 Å². The van der Waals surface area contributed by atoms with Crippen molar-refractivity contribution in [3.8, 4) is 0 Å². The summed E-state index contributed by atoms with van der Waals surface area (Å²) in [6.07, 6.45) is -2.05. The minimum atomic E-state index is -6.79. The molecular formula is C19H24BrF9S. The maximum atomic E-state index is 13.4. The molecule has 0 N–H and O–H groups in total. The maximum Gasteiger partial charge on any atom is 0.460 e. The van der Waals surface area contributed by atoms with Crippen molar-refractivity contribution in [1.29, 1.82) is 0 Å². The quantitative estimate of drug-likeness (QED) is 0.165. The summed E-state index contributed by atoms with van der Waals surface area (Å²) in [6, 6.07) is 2.07. The SMILES string of the molecule is FC(F)(F)C(F)(F)C(F)(F)C(F)(F)CCCCCCCCCCCc1ccsc1Br. The predicted molar refractivity (Wildman–Crippen MR) is 103 cm³/mol. The molecule has 0 saturated heterocycles. The lowest BCUT2D eigenvalue weighted by Crippen LogP contribution is -2.60. The molecule has 1 rings (SSSR count). The lowest BCUT2D eigenvalue weighted by molar-refractivity contribution is -0.396. The van der Waals surface area contributed by atoms with Crippen LogP contribution in [0.5, 0.6) is 0 Å². The second-order valence-electron chi connectivity index (χ2n) is 7.25. The number of unbranched alkanes of at least 4 members (excludes halogenated alkanes) is 8. The summed E-state index contributed by atoms with van der Waals surface area (Å²) in [6.45, 7) is 0. The van der Waals surface area contributed by atoms with Crippen molar-refractivity contribution in [2.45, 2.75) is 94.6 Å². The molecule has 1 aromatic heterocycles. The van der Waals surface area contributed by atoms with Crippen LogP contribution in [0.3, 0.4) is 0 Å². The lowest BCUT2D eigenvalue weighted by Gasteiger charge is -2.33. The number of aryl methyl sites for hydroxylation is 1. The van der Waals surface area contributed by atoms with Crippen molar-refractivity contribution in [2.75, 3.05) is 0 Å². The van der Waals surface area contributed by atoms with E-state index in [9.17, 15) is 39.5 Å². The van der Waals surface area contributed by atoms with E-state index in [0.717, 1.165) is 42.3 Å². The summed E-state index contributed by atoms with van der Waals surface area (Å²) in [5.74, 6) is -18.7. The molecule has 1 heterocycles. The van der Waals surface area contributed by atoms with Crippen molar-refractivity contribution < 1.29 is 39.5 Å². The molecule has 11 heteroatoms. The van der Waals surface area contributed by atoms with Gasteiger partial charge in [-0.3, -0.25) is 0 Å². The van der Waals surface area contributed by atoms with Crippen LogP contribution in [0.4, 0.5) is 39.5 Å². The van der Waals surface area contributed by atoms with Gasteiger partial charge in [0.05, 0.1) is 3.79 Å². The van der Waals surface area contributed by atoms with Crippen molar-refractivity contribution in [2.24, 2.45) is 0 Å². The Hall–Kier alpha value is -0.450. The summed E-state index contributed by atoms with van der Waals surface area (Å²) < 4.78 is 116. The molecule has 0 unspecified atom stereocenters. The average Bonchev–Trinajstić information content (AvgIpc) is 3.03. The van der Waals surface area contributed by atoms with E-state index < -0.39 is 36.8 Å². The maximum absolute atomic E-state index is 13.4. The van der Waals surface area contributed by atoms with Crippen LogP contribution in [0.1, 0.15) is 69.8 Å². The number of alkyl halides is 9.